The number of imide groups is 1. The average Bonchev–Trinajstić information content (AvgIpc) is 3.30. The minimum atomic E-state index is -1.17. The summed E-state index contributed by atoms with van der Waals surface area (Å²) in [5.74, 6) is 0.539. The number of methoxy groups -OCH3 is 1. The van der Waals surface area contributed by atoms with Gasteiger partial charge in [-0.3, -0.25) is 14.5 Å². The lowest BCUT2D eigenvalue weighted by Gasteiger charge is -2.47. The molecule has 8 nitrogen and oxygen atoms in total. The number of benzene rings is 4. The number of thioether (sulfide) groups is 1. The maximum absolute atomic E-state index is 13.6. The van der Waals surface area contributed by atoms with Crippen LogP contribution in [0.3, 0.4) is 0 Å². The van der Waals surface area contributed by atoms with Crippen LogP contribution in [0.1, 0.15) is 38.8 Å². The first-order chi connectivity index (χ1) is 21.5. The van der Waals surface area contributed by atoms with E-state index in [1.165, 1.54) is 16.7 Å². The van der Waals surface area contributed by atoms with Crippen molar-refractivity contribution in [1.82, 2.24) is 4.90 Å². The molecule has 44 heavy (non-hydrogen) atoms. The quantitative estimate of drug-likeness (QED) is 0.223. The highest BCUT2D eigenvalue weighted by Crippen LogP contribution is 2.38. The molecule has 0 saturated carbocycles. The van der Waals surface area contributed by atoms with E-state index in [0.717, 1.165) is 21.9 Å². The van der Waals surface area contributed by atoms with Crippen molar-refractivity contribution in [3.8, 4) is 5.75 Å². The molecule has 4 aromatic carbocycles. The van der Waals surface area contributed by atoms with Crippen LogP contribution >= 0.6 is 11.8 Å². The molecule has 0 unspecified atom stereocenters. The summed E-state index contributed by atoms with van der Waals surface area (Å²) in [4.78, 5) is 28.5. The first kappa shape index (κ1) is 30.3. The number of hydrogen-bond acceptors (Lipinski definition) is 8. The molecule has 0 aliphatic carbocycles. The topological polar surface area (TPSA) is 94.5 Å². The summed E-state index contributed by atoms with van der Waals surface area (Å²) in [6.45, 7) is 2.57. The van der Waals surface area contributed by atoms with Crippen LogP contribution in [0, 0.1) is 0 Å². The maximum Gasteiger partial charge on any atom is 0.262 e. The van der Waals surface area contributed by atoms with Crippen LogP contribution in [0.2, 0.25) is 0 Å². The van der Waals surface area contributed by atoms with Crippen molar-refractivity contribution in [2.75, 3.05) is 19.5 Å². The Balaban J connectivity index is 1.24. The zero-order valence-corrected chi connectivity index (χ0v) is 25.4. The molecule has 2 amide bonds. The lowest BCUT2D eigenvalue weighted by Crippen LogP contribution is -2.65. The van der Waals surface area contributed by atoms with Gasteiger partial charge < -0.3 is 24.1 Å². The molecule has 9 heteroatoms. The van der Waals surface area contributed by atoms with E-state index >= 15 is 0 Å². The van der Waals surface area contributed by atoms with Gasteiger partial charge in [-0.15, -0.1) is 11.8 Å². The van der Waals surface area contributed by atoms with Crippen LogP contribution in [0.15, 0.2) is 91.0 Å². The van der Waals surface area contributed by atoms with Gasteiger partial charge in [-0.2, -0.15) is 0 Å². The van der Waals surface area contributed by atoms with Crippen molar-refractivity contribution in [3.63, 3.8) is 0 Å². The third-order valence-corrected chi connectivity index (χ3v) is 9.11. The standard InChI is InChI=1S/C35H35NO7S/c1-3-44-35-30(36-33(38)27-10-6-7-11-28(27)34(36)39)32(42-20-22-13-16-26(40-2)17-14-22)31(37)29(43-35)21-41-19-23-12-15-24-8-4-5-9-25(24)18-23/h4-18,29-32,35,37H,3,19-21H2,1-2H3/t29-,30-,31-,32-,35+/m1/s1. The van der Waals surface area contributed by atoms with E-state index in [-0.39, 0.29) is 13.2 Å². The molecular weight excluding hydrogens is 578 g/mol. The van der Waals surface area contributed by atoms with Gasteiger partial charge in [0, 0.05) is 0 Å². The zero-order chi connectivity index (χ0) is 30.6. The van der Waals surface area contributed by atoms with Gasteiger partial charge in [-0.1, -0.05) is 67.6 Å². The summed E-state index contributed by atoms with van der Waals surface area (Å²) in [6.07, 6.45) is -2.84. The van der Waals surface area contributed by atoms with Crippen molar-refractivity contribution in [3.05, 3.63) is 113 Å². The lowest BCUT2D eigenvalue weighted by molar-refractivity contribution is -0.205. The highest BCUT2D eigenvalue weighted by molar-refractivity contribution is 7.99. The summed E-state index contributed by atoms with van der Waals surface area (Å²) in [7, 11) is 1.60. The number of aliphatic hydroxyl groups excluding tert-OH is 1. The number of nitrogens with zero attached hydrogens (tertiary/aromatic N) is 1. The van der Waals surface area contributed by atoms with Crippen LogP contribution < -0.4 is 4.74 Å². The Morgan fingerprint density at radius 3 is 2.18 bits per heavy atom. The van der Waals surface area contributed by atoms with Crippen molar-refractivity contribution >= 4 is 34.3 Å². The largest absolute Gasteiger partial charge is 0.497 e. The van der Waals surface area contributed by atoms with Crippen LogP contribution in [0.5, 0.6) is 5.75 Å². The molecule has 0 radical (unpaired) electrons. The number of carbonyl (C=O) groups excluding carboxylic acids is 2. The Kier molecular flexibility index (Phi) is 9.30. The molecule has 2 aliphatic heterocycles. The van der Waals surface area contributed by atoms with E-state index in [2.05, 4.69) is 24.3 Å². The van der Waals surface area contributed by atoms with Crippen molar-refractivity contribution < 1.29 is 33.6 Å². The first-order valence-corrected chi connectivity index (χ1v) is 15.8. The van der Waals surface area contributed by atoms with Crippen molar-refractivity contribution in [2.45, 2.75) is 49.9 Å². The summed E-state index contributed by atoms with van der Waals surface area (Å²) in [6, 6.07) is 27.6. The number of ether oxygens (including phenoxy) is 4. The molecule has 4 aromatic rings. The van der Waals surface area contributed by atoms with E-state index in [1.54, 1.807) is 31.4 Å². The second-order valence-electron chi connectivity index (χ2n) is 10.8. The van der Waals surface area contributed by atoms with Crippen molar-refractivity contribution in [1.29, 1.82) is 0 Å². The molecule has 6 rings (SSSR count). The zero-order valence-electron chi connectivity index (χ0n) is 24.6. The third-order valence-electron chi connectivity index (χ3n) is 8.06. The summed E-state index contributed by atoms with van der Waals surface area (Å²) in [5.41, 5.74) is 1.89. The van der Waals surface area contributed by atoms with Crippen LogP contribution in [-0.2, 0) is 27.4 Å². The predicted octanol–water partition coefficient (Wildman–Crippen LogP) is 5.45. The van der Waals surface area contributed by atoms with Gasteiger partial charge in [0.1, 0.15) is 35.5 Å². The first-order valence-electron chi connectivity index (χ1n) is 14.7. The smallest absolute Gasteiger partial charge is 0.262 e. The molecule has 1 N–H and O–H groups in total. The number of carbonyl (C=O) groups is 2. The Hall–Kier alpha value is -3.73. The fourth-order valence-corrected chi connectivity index (χ4v) is 6.85. The fourth-order valence-electron chi connectivity index (χ4n) is 5.82. The number of amides is 2. The highest BCUT2D eigenvalue weighted by atomic mass is 32.2. The lowest BCUT2D eigenvalue weighted by atomic mass is 9.96. The van der Waals surface area contributed by atoms with Gasteiger partial charge in [0.25, 0.3) is 11.8 Å². The number of hydrogen-bond donors (Lipinski definition) is 1. The SMILES string of the molecule is CCS[C@@H]1O[C@H](COCc2ccc3ccccc3c2)[C@@H](O)[C@H](OCc2ccc(OC)cc2)[C@H]1N1C(=O)c2ccccc2C1=O. The fraction of sp³-hybridized carbons (Fsp3) is 0.314. The van der Waals surface area contributed by atoms with Gasteiger partial charge in [0.05, 0.1) is 38.1 Å². The minimum absolute atomic E-state index is 0.103. The van der Waals surface area contributed by atoms with Crippen LogP contribution in [0.25, 0.3) is 10.8 Å². The number of rotatable bonds is 11. The minimum Gasteiger partial charge on any atom is -0.497 e. The second-order valence-corrected chi connectivity index (χ2v) is 12.2. The Bertz CT molecular complexity index is 1590. The highest BCUT2D eigenvalue weighted by Gasteiger charge is 2.54. The molecule has 1 fully saturated rings. The Morgan fingerprint density at radius 1 is 0.841 bits per heavy atom. The summed E-state index contributed by atoms with van der Waals surface area (Å²) < 4.78 is 24.2. The Morgan fingerprint density at radius 2 is 1.50 bits per heavy atom. The summed E-state index contributed by atoms with van der Waals surface area (Å²) >= 11 is 1.47. The molecule has 5 atom stereocenters. The molecular formula is C35H35NO7S. The van der Waals surface area contributed by atoms with E-state index in [0.29, 0.717) is 29.2 Å². The van der Waals surface area contributed by atoms with Gasteiger partial charge in [-0.25, -0.2) is 0 Å². The predicted molar refractivity (Wildman–Crippen MR) is 169 cm³/mol. The van der Waals surface area contributed by atoms with Gasteiger partial charge in [0.15, 0.2) is 0 Å². The maximum atomic E-state index is 13.6. The molecule has 2 aliphatic rings. The Labute approximate surface area is 260 Å². The average molecular weight is 614 g/mol. The van der Waals surface area contributed by atoms with Crippen molar-refractivity contribution in [2.24, 2.45) is 0 Å². The number of aliphatic hydroxyl groups is 1. The molecule has 1 saturated heterocycles. The van der Waals surface area contributed by atoms with E-state index in [1.807, 2.05) is 49.4 Å². The van der Waals surface area contributed by atoms with E-state index < -0.39 is 41.6 Å². The normalized spacial score (nSPS) is 23.2. The van der Waals surface area contributed by atoms with Crippen LogP contribution in [-0.4, -0.2) is 71.1 Å². The van der Waals surface area contributed by atoms with Gasteiger partial charge >= 0.3 is 0 Å². The molecule has 0 bridgehead atoms. The monoisotopic (exact) mass is 613 g/mol. The molecule has 228 valence electrons. The summed E-state index contributed by atoms with van der Waals surface area (Å²) in [5, 5.41) is 14.0. The van der Waals surface area contributed by atoms with Crippen LogP contribution in [0.4, 0.5) is 0 Å². The van der Waals surface area contributed by atoms with Gasteiger partial charge in [0.2, 0.25) is 0 Å². The molecule has 0 aromatic heterocycles. The molecule has 0 spiro atoms. The third kappa shape index (κ3) is 6.11. The molecule has 2 heterocycles. The number of fused-ring (bicyclic) bond motifs is 2. The van der Waals surface area contributed by atoms with E-state index in [9.17, 15) is 14.7 Å². The second kappa shape index (κ2) is 13.5. The van der Waals surface area contributed by atoms with Gasteiger partial charge in [-0.05, 0) is 58.0 Å². The van der Waals surface area contributed by atoms with E-state index in [4.69, 9.17) is 18.9 Å².